The van der Waals surface area contributed by atoms with Crippen LogP contribution in [-0.4, -0.2) is 66.3 Å². The van der Waals surface area contributed by atoms with E-state index in [0.717, 1.165) is 109 Å². The molecule has 0 bridgehead atoms. The molecule has 0 aromatic rings. The Bertz CT molecular complexity index is 1360. The third-order valence-electron chi connectivity index (χ3n) is 9.95. The molecule has 3 unspecified atom stereocenters. The van der Waals surface area contributed by atoms with Gasteiger partial charge in [0.1, 0.15) is 12.2 Å². The topological polar surface area (TPSA) is 132 Å². The molecule has 0 aromatic heterocycles. The average molecular weight is 915 g/mol. The molecule has 64 heavy (non-hydrogen) atoms. The fourth-order valence-electron chi connectivity index (χ4n) is 6.26. The summed E-state index contributed by atoms with van der Waals surface area (Å²) in [5.41, 5.74) is 0. The van der Waals surface area contributed by atoms with Gasteiger partial charge in [-0.25, -0.2) is 4.57 Å². The number of rotatable bonds is 46. The number of phosphoric ester groups is 1. The van der Waals surface area contributed by atoms with Crippen molar-refractivity contribution in [3.05, 3.63) is 109 Å². The lowest BCUT2D eigenvalue weighted by Gasteiger charge is -2.20. The molecule has 0 heterocycles. The van der Waals surface area contributed by atoms with Crippen molar-refractivity contribution in [2.45, 2.75) is 193 Å². The Labute approximate surface area is 390 Å². The molecule has 3 atom stereocenters. The molecule has 0 spiro atoms. The van der Waals surface area contributed by atoms with Gasteiger partial charge < -0.3 is 24.6 Å². The van der Waals surface area contributed by atoms with Gasteiger partial charge in [-0.2, -0.15) is 0 Å². The molecule has 0 rings (SSSR count). The fraction of sp³-hybridized carbons (Fsp3) is 0.648. The summed E-state index contributed by atoms with van der Waals surface area (Å²) in [6.07, 6.45) is 64.7. The second kappa shape index (κ2) is 49.6. The normalized spacial score (nSPS) is 14.8. The zero-order chi connectivity index (χ0) is 46.7. The number of carbonyl (C=O) groups excluding carboxylic acids is 1. The van der Waals surface area contributed by atoms with Crippen LogP contribution in [0, 0.1) is 0 Å². The van der Waals surface area contributed by atoms with Gasteiger partial charge in [0.2, 0.25) is 0 Å². The highest BCUT2D eigenvalue weighted by molar-refractivity contribution is 7.47. The van der Waals surface area contributed by atoms with Crippen molar-refractivity contribution in [3.63, 3.8) is 0 Å². The van der Waals surface area contributed by atoms with Crippen LogP contribution in [0.25, 0.3) is 0 Å². The van der Waals surface area contributed by atoms with E-state index < -0.39 is 45.8 Å². The van der Waals surface area contributed by atoms with Gasteiger partial charge in [-0.05, 0) is 96.3 Å². The van der Waals surface area contributed by atoms with Gasteiger partial charge in [0.15, 0.2) is 0 Å². The van der Waals surface area contributed by atoms with E-state index in [2.05, 4.69) is 123 Å². The SMILES string of the molecule is CC/C=C\C/C=C\C/C=C\C/C=C\C/C=C\CCCCCCCCOCC(COP(=O)(O)OCC(O)CO)OC(=O)CCCCCCCCCC/C=C\C/C=C\C/C=C\C/C=C\CC. The summed E-state index contributed by atoms with van der Waals surface area (Å²) in [5.74, 6) is -0.401. The number of phosphoric acid groups is 1. The van der Waals surface area contributed by atoms with E-state index in [0.29, 0.717) is 13.0 Å². The molecule has 10 heteroatoms. The number of aliphatic hydroxyl groups excluding tert-OH is 2. The summed E-state index contributed by atoms with van der Waals surface area (Å²) in [4.78, 5) is 22.7. The van der Waals surface area contributed by atoms with Crippen LogP contribution in [0.2, 0.25) is 0 Å². The Kier molecular flexibility index (Phi) is 47.3. The second-order valence-electron chi connectivity index (χ2n) is 16.1. The lowest BCUT2D eigenvalue weighted by Crippen LogP contribution is -2.29. The molecule has 0 aliphatic rings. The van der Waals surface area contributed by atoms with E-state index in [-0.39, 0.29) is 13.0 Å². The molecule has 0 saturated carbocycles. The van der Waals surface area contributed by atoms with Gasteiger partial charge in [-0.3, -0.25) is 13.8 Å². The number of unbranched alkanes of at least 4 members (excludes halogenated alkanes) is 14. The van der Waals surface area contributed by atoms with Crippen molar-refractivity contribution in [2.24, 2.45) is 0 Å². The number of carbonyl (C=O) groups is 1. The molecule has 3 N–H and O–H groups in total. The van der Waals surface area contributed by atoms with Gasteiger partial charge in [0.25, 0.3) is 0 Å². The summed E-state index contributed by atoms with van der Waals surface area (Å²) in [5, 5.41) is 18.4. The molecule has 0 amide bonds. The van der Waals surface area contributed by atoms with Gasteiger partial charge in [-0.15, -0.1) is 0 Å². The Balaban J connectivity index is 4.18. The lowest BCUT2D eigenvalue weighted by atomic mass is 10.1. The summed E-state index contributed by atoms with van der Waals surface area (Å²) in [7, 11) is -4.54. The first-order valence-electron chi connectivity index (χ1n) is 24.9. The number of aliphatic hydroxyl groups is 2. The number of hydrogen-bond donors (Lipinski definition) is 3. The molecular formula is C54H91O9P. The molecule has 0 saturated heterocycles. The maximum Gasteiger partial charge on any atom is 0.472 e. The summed E-state index contributed by atoms with van der Waals surface area (Å²) >= 11 is 0. The largest absolute Gasteiger partial charge is 0.472 e. The highest BCUT2D eigenvalue weighted by Crippen LogP contribution is 2.43. The van der Waals surface area contributed by atoms with E-state index >= 15 is 0 Å². The van der Waals surface area contributed by atoms with Crippen molar-refractivity contribution in [2.75, 3.05) is 33.0 Å². The molecular weight excluding hydrogens is 824 g/mol. The summed E-state index contributed by atoms with van der Waals surface area (Å²) in [6.45, 7) is 3.23. The smallest absolute Gasteiger partial charge is 0.457 e. The zero-order valence-corrected chi connectivity index (χ0v) is 41.1. The van der Waals surface area contributed by atoms with Crippen LogP contribution in [-0.2, 0) is 27.9 Å². The molecule has 0 aliphatic carbocycles. The quantitative estimate of drug-likeness (QED) is 0.0236. The fourth-order valence-corrected chi connectivity index (χ4v) is 7.04. The number of allylic oxidation sites excluding steroid dienone is 18. The van der Waals surface area contributed by atoms with Crippen LogP contribution in [0.4, 0.5) is 0 Å². The number of hydrogen-bond acceptors (Lipinski definition) is 8. The van der Waals surface area contributed by atoms with Crippen LogP contribution in [0.5, 0.6) is 0 Å². The third kappa shape index (κ3) is 48.6. The van der Waals surface area contributed by atoms with Gasteiger partial charge in [-0.1, -0.05) is 187 Å². The maximum absolute atomic E-state index is 12.7. The standard InChI is InChI=1S/C54H91O9P/c1-3-5-7-9-11-13-15-17-19-21-23-25-27-29-31-33-35-37-39-41-43-45-47-60-50-53(51-62-64(58,59)61-49-52(56)48-55)63-54(57)46-44-42-40-38-36-34-32-30-28-26-24-22-20-18-16-14-12-10-8-6-4-2/h5-8,11-14,17-20,23-26,29,31,52-53,55-56H,3-4,9-10,15-16,21-22,27-28,30,32-51H2,1-2H3,(H,58,59)/b7-5-,8-6-,13-11-,14-12-,19-17-,20-18-,25-23-,26-24-,31-29-. The maximum atomic E-state index is 12.7. The first-order valence-corrected chi connectivity index (χ1v) is 26.4. The van der Waals surface area contributed by atoms with E-state index in [9.17, 15) is 19.4 Å². The summed E-state index contributed by atoms with van der Waals surface area (Å²) < 4.78 is 33.5. The predicted molar refractivity (Wildman–Crippen MR) is 269 cm³/mol. The van der Waals surface area contributed by atoms with Crippen LogP contribution < -0.4 is 0 Å². The molecule has 0 fully saturated rings. The van der Waals surface area contributed by atoms with Crippen molar-refractivity contribution in [1.82, 2.24) is 0 Å². The zero-order valence-electron chi connectivity index (χ0n) is 40.2. The van der Waals surface area contributed by atoms with Crippen molar-refractivity contribution in [3.8, 4) is 0 Å². The molecule has 0 aliphatic heterocycles. The second-order valence-corrected chi connectivity index (χ2v) is 17.5. The molecule has 0 radical (unpaired) electrons. The molecule has 366 valence electrons. The van der Waals surface area contributed by atoms with Crippen LogP contribution in [0.1, 0.15) is 181 Å². The number of esters is 1. The lowest BCUT2D eigenvalue weighted by molar-refractivity contribution is -0.154. The Morgan fingerprint density at radius 1 is 0.484 bits per heavy atom. The van der Waals surface area contributed by atoms with E-state index in [4.69, 9.17) is 23.6 Å². The van der Waals surface area contributed by atoms with Crippen LogP contribution in [0.3, 0.4) is 0 Å². The van der Waals surface area contributed by atoms with Crippen molar-refractivity contribution < 1.29 is 43.0 Å². The number of ether oxygens (including phenoxy) is 2. The molecule has 0 aromatic carbocycles. The molecule has 9 nitrogen and oxygen atoms in total. The van der Waals surface area contributed by atoms with E-state index in [1.165, 1.54) is 44.9 Å². The Morgan fingerprint density at radius 2 is 0.844 bits per heavy atom. The first kappa shape index (κ1) is 61.1. The first-order chi connectivity index (χ1) is 31.3. The Hall–Kier alpha value is -2.88. The van der Waals surface area contributed by atoms with Gasteiger partial charge >= 0.3 is 13.8 Å². The van der Waals surface area contributed by atoms with Crippen LogP contribution in [0.15, 0.2) is 109 Å². The minimum atomic E-state index is -4.54. The van der Waals surface area contributed by atoms with E-state index in [1.54, 1.807) is 0 Å². The van der Waals surface area contributed by atoms with E-state index in [1.807, 2.05) is 0 Å². The highest BCUT2D eigenvalue weighted by Gasteiger charge is 2.26. The van der Waals surface area contributed by atoms with Crippen molar-refractivity contribution in [1.29, 1.82) is 0 Å². The van der Waals surface area contributed by atoms with Gasteiger partial charge in [0, 0.05) is 13.0 Å². The summed E-state index contributed by atoms with van der Waals surface area (Å²) in [6, 6.07) is 0. The minimum absolute atomic E-state index is 0.0283. The van der Waals surface area contributed by atoms with Crippen LogP contribution >= 0.6 is 7.82 Å². The minimum Gasteiger partial charge on any atom is -0.457 e. The monoisotopic (exact) mass is 915 g/mol. The predicted octanol–water partition coefficient (Wildman–Crippen LogP) is 14.6. The third-order valence-corrected chi connectivity index (χ3v) is 10.9. The average Bonchev–Trinajstić information content (AvgIpc) is 3.29. The van der Waals surface area contributed by atoms with Crippen molar-refractivity contribution >= 4 is 13.8 Å². The highest BCUT2D eigenvalue weighted by atomic mass is 31.2. The Morgan fingerprint density at radius 3 is 1.27 bits per heavy atom. The van der Waals surface area contributed by atoms with Gasteiger partial charge in [0.05, 0.1) is 26.4 Å².